The molecule has 1 amide bonds. The highest BCUT2D eigenvalue weighted by molar-refractivity contribution is 6.03. The zero-order valence-electron chi connectivity index (χ0n) is 11.2. The summed E-state index contributed by atoms with van der Waals surface area (Å²) in [5, 5.41) is 14.2. The number of nitrogen functional groups attached to an aromatic ring is 1. The number of fused-ring (bicyclic) bond motifs is 1. The second-order valence-corrected chi connectivity index (χ2v) is 5.49. The molecule has 0 atom stereocenters. The first-order valence-corrected chi connectivity index (χ1v) is 6.88. The van der Waals surface area contributed by atoms with Crippen molar-refractivity contribution in [2.75, 3.05) is 12.3 Å². The number of benzene rings is 2. The van der Waals surface area contributed by atoms with Crippen LogP contribution in [0.15, 0.2) is 36.4 Å². The average Bonchev–Trinajstić information content (AvgIpc) is 2.41. The maximum absolute atomic E-state index is 12.2. The monoisotopic (exact) mass is 270 g/mol. The first kappa shape index (κ1) is 12.9. The van der Waals surface area contributed by atoms with Crippen LogP contribution in [0.5, 0.6) is 0 Å². The van der Waals surface area contributed by atoms with Gasteiger partial charge >= 0.3 is 0 Å². The largest absolute Gasteiger partial charge is 0.398 e. The van der Waals surface area contributed by atoms with Gasteiger partial charge in [0, 0.05) is 12.2 Å². The number of carbonyl (C=O) groups is 1. The Morgan fingerprint density at radius 3 is 2.55 bits per heavy atom. The van der Waals surface area contributed by atoms with Crippen molar-refractivity contribution in [2.24, 2.45) is 5.92 Å². The normalized spacial score (nSPS) is 21.4. The van der Waals surface area contributed by atoms with Gasteiger partial charge in [-0.3, -0.25) is 4.79 Å². The minimum Gasteiger partial charge on any atom is -0.398 e. The topological polar surface area (TPSA) is 75.4 Å². The molecule has 1 saturated carbocycles. The molecule has 0 spiro atoms. The molecule has 0 aromatic heterocycles. The third kappa shape index (κ3) is 2.47. The summed E-state index contributed by atoms with van der Waals surface area (Å²) >= 11 is 0. The number of hydrogen-bond donors (Lipinski definition) is 3. The molecule has 1 aliphatic rings. The minimum atomic E-state index is -0.192. The molecule has 4 heteroatoms. The Kier molecular flexibility index (Phi) is 3.32. The molecule has 0 aliphatic heterocycles. The molecule has 3 rings (SSSR count). The van der Waals surface area contributed by atoms with Gasteiger partial charge in [0.2, 0.25) is 0 Å². The number of amides is 1. The quantitative estimate of drug-likeness (QED) is 0.746. The third-order valence-corrected chi connectivity index (χ3v) is 3.92. The number of rotatable bonds is 3. The molecule has 4 nitrogen and oxygen atoms in total. The molecule has 104 valence electrons. The molecular formula is C16H18N2O2. The molecule has 2 aromatic carbocycles. The summed E-state index contributed by atoms with van der Waals surface area (Å²) in [6.45, 7) is 0.599. The van der Waals surface area contributed by atoms with Gasteiger partial charge in [-0.2, -0.15) is 0 Å². The van der Waals surface area contributed by atoms with Crippen LogP contribution >= 0.6 is 0 Å². The number of carbonyl (C=O) groups excluding carboxylic acids is 1. The number of aliphatic hydroxyl groups excluding tert-OH is 1. The average molecular weight is 270 g/mol. The lowest BCUT2D eigenvalue weighted by Crippen LogP contribution is -2.38. The van der Waals surface area contributed by atoms with E-state index in [0.29, 0.717) is 23.7 Å². The van der Waals surface area contributed by atoms with Gasteiger partial charge in [-0.25, -0.2) is 0 Å². The Hall–Kier alpha value is -2.07. The smallest absolute Gasteiger partial charge is 0.253 e. The van der Waals surface area contributed by atoms with Crippen LogP contribution in [0.2, 0.25) is 0 Å². The summed E-state index contributed by atoms with van der Waals surface area (Å²) in [7, 11) is 0. The molecule has 1 aliphatic carbocycles. The SMILES string of the molecule is Nc1cc2ccccc2cc1C(=O)NCC1CC(O)C1. The fourth-order valence-corrected chi connectivity index (χ4v) is 2.65. The van der Waals surface area contributed by atoms with Crippen molar-refractivity contribution < 1.29 is 9.90 Å². The standard InChI is InChI=1S/C16H18N2O2/c17-15-8-12-4-2-1-3-11(12)7-14(15)16(20)18-9-10-5-13(19)6-10/h1-4,7-8,10,13,19H,5-6,9,17H2,(H,18,20). The van der Waals surface area contributed by atoms with Crippen LogP contribution in [-0.4, -0.2) is 23.7 Å². The molecule has 2 aromatic rings. The lowest BCUT2D eigenvalue weighted by atomic mass is 9.82. The molecule has 0 unspecified atom stereocenters. The van der Waals surface area contributed by atoms with E-state index in [2.05, 4.69) is 5.32 Å². The van der Waals surface area contributed by atoms with Crippen LogP contribution in [0.25, 0.3) is 10.8 Å². The Morgan fingerprint density at radius 1 is 1.25 bits per heavy atom. The van der Waals surface area contributed by atoms with Crippen molar-refractivity contribution in [3.8, 4) is 0 Å². The highest BCUT2D eigenvalue weighted by atomic mass is 16.3. The van der Waals surface area contributed by atoms with Crippen molar-refractivity contribution in [3.05, 3.63) is 42.0 Å². The third-order valence-electron chi connectivity index (χ3n) is 3.92. The first-order valence-electron chi connectivity index (χ1n) is 6.88. The van der Waals surface area contributed by atoms with Gasteiger partial charge in [-0.1, -0.05) is 24.3 Å². The highest BCUT2D eigenvalue weighted by Crippen LogP contribution is 2.26. The van der Waals surface area contributed by atoms with Crippen LogP contribution in [0.1, 0.15) is 23.2 Å². The van der Waals surface area contributed by atoms with E-state index in [0.717, 1.165) is 23.6 Å². The molecule has 4 N–H and O–H groups in total. The number of aliphatic hydroxyl groups is 1. The van der Waals surface area contributed by atoms with Gasteiger partial charge in [-0.05, 0) is 41.7 Å². The maximum atomic E-state index is 12.2. The molecule has 0 radical (unpaired) electrons. The van der Waals surface area contributed by atoms with Crippen molar-refractivity contribution in [1.29, 1.82) is 0 Å². The summed E-state index contributed by atoms with van der Waals surface area (Å²) < 4.78 is 0. The Labute approximate surface area is 117 Å². The van der Waals surface area contributed by atoms with E-state index in [1.165, 1.54) is 0 Å². The van der Waals surface area contributed by atoms with Gasteiger partial charge in [-0.15, -0.1) is 0 Å². The Bertz CT molecular complexity index is 648. The first-order chi connectivity index (χ1) is 9.63. The fourth-order valence-electron chi connectivity index (χ4n) is 2.65. The van der Waals surface area contributed by atoms with Crippen LogP contribution in [0, 0.1) is 5.92 Å². The fraction of sp³-hybridized carbons (Fsp3) is 0.312. The Morgan fingerprint density at radius 2 is 1.90 bits per heavy atom. The Balaban J connectivity index is 1.75. The van der Waals surface area contributed by atoms with Gasteiger partial charge in [0.1, 0.15) is 0 Å². The van der Waals surface area contributed by atoms with Crippen molar-refractivity contribution >= 4 is 22.4 Å². The number of nitrogens with one attached hydrogen (secondary N) is 1. The lowest BCUT2D eigenvalue weighted by molar-refractivity contribution is 0.0420. The molecule has 1 fully saturated rings. The maximum Gasteiger partial charge on any atom is 0.253 e. The minimum absolute atomic E-state index is 0.144. The van der Waals surface area contributed by atoms with Gasteiger partial charge in [0.25, 0.3) is 5.91 Å². The summed E-state index contributed by atoms with van der Waals surface area (Å²) in [5.41, 5.74) is 6.97. The van der Waals surface area contributed by atoms with E-state index in [1.807, 2.05) is 36.4 Å². The molecular weight excluding hydrogens is 252 g/mol. The lowest BCUT2D eigenvalue weighted by Gasteiger charge is -2.31. The molecule has 20 heavy (non-hydrogen) atoms. The van der Waals surface area contributed by atoms with Crippen molar-refractivity contribution in [3.63, 3.8) is 0 Å². The van der Waals surface area contributed by atoms with Crippen LogP contribution in [0.3, 0.4) is 0 Å². The van der Waals surface area contributed by atoms with E-state index in [1.54, 1.807) is 0 Å². The number of hydrogen-bond acceptors (Lipinski definition) is 3. The van der Waals surface area contributed by atoms with E-state index in [9.17, 15) is 9.90 Å². The highest BCUT2D eigenvalue weighted by Gasteiger charge is 2.27. The van der Waals surface area contributed by atoms with Gasteiger partial charge < -0.3 is 16.2 Å². The summed E-state index contributed by atoms with van der Waals surface area (Å²) in [6.07, 6.45) is 1.35. The molecule has 0 heterocycles. The van der Waals surface area contributed by atoms with E-state index < -0.39 is 0 Å². The van der Waals surface area contributed by atoms with E-state index in [-0.39, 0.29) is 12.0 Å². The van der Waals surface area contributed by atoms with E-state index >= 15 is 0 Å². The number of nitrogens with two attached hydrogens (primary N) is 1. The van der Waals surface area contributed by atoms with Gasteiger partial charge in [0.05, 0.1) is 11.7 Å². The predicted molar refractivity (Wildman–Crippen MR) is 79.4 cm³/mol. The van der Waals surface area contributed by atoms with Crippen LogP contribution in [0.4, 0.5) is 5.69 Å². The van der Waals surface area contributed by atoms with Crippen LogP contribution < -0.4 is 11.1 Å². The summed E-state index contributed by atoms with van der Waals surface area (Å²) in [5.74, 6) is 0.241. The van der Waals surface area contributed by atoms with Gasteiger partial charge in [0.15, 0.2) is 0 Å². The zero-order valence-corrected chi connectivity index (χ0v) is 11.2. The zero-order chi connectivity index (χ0) is 14.1. The molecule has 0 bridgehead atoms. The summed E-state index contributed by atoms with van der Waals surface area (Å²) in [4.78, 5) is 12.2. The number of anilines is 1. The summed E-state index contributed by atoms with van der Waals surface area (Å²) in [6, 6.07) is 11.5. The second kappa shape index (κ2) is 5.13. The van der Waals surface area contributed by atoms with Crippen molar-refractivity contribution in [2.45, 2.75) is 18.9 Å². The predicted octanol–water partition coefficient (Wildman–Crippen LogP) is 1.92. The van der Waals surface area contributed by atoms with Crippen LogP contribution in [-0.2, 0) is 0 Å². The second-order valence-electron chi connectivity index (χ2n) is 5.49. The molecule has 0 saturated heterocycles. The van der Waals surface area contributed by atoms with E-state index in [4.69, 9.17) is 5.73 Å². The van der Waals surface area contributed by atoms with Crippen molar-refractivity contribution in [1.82, 2.24) is 5.32 Å².